The molecule has 0 aliphatic heterocycles. The third-order valence-electron chi connectivity index (χ3n) is 3.02. The van der Waals surface area contributed by atoms with Crippen molar-refractivity contribution in [2.24, 2.45) is 0 Å². The van der Waals surface area contributed by atoms with Crippen molar-refractivity contribution in [3.05, 3.63) is 34.9 Å². The van der Waals surface area contributed by atoms with Gasteiger partial charge in [-0.2, -0.15) is 5.26 Å². The zero-order chi connectivity index (χ0) is 14.3. The first-order valence-electron chi connectivity index (χ1n) is 6.50. The van der Waals surface area contributed by atoms with Crippen molar-refractivity contribution in [2.75, 3.05) is 0 Å². The van der Waals surface area contributed by atoms with E-state index in [9.17, 15) is 4.21 Å². The molecular weight excluding hydrogens is 244 g/mol. The molecule has 0 saturated carbocycles. The second-order valence-corrected chi connectivity index (χ2v) is 7.37. The van der Waals surface area contributed by atoms with E-state index in [1.807, 2.05) is 26.8 Å². The lowest BCUT2D eigenvalue weighted by atomic mass is 10.0. The second kappa shape index (κ2) is 4.83. The zero-order valence-electron chi connectivity index (χ0n) is 11.9. The quantitative estimate of drug-likeness (QED) is 0.891. The second-order valence-electron chi connectivity index (χ2n) is 5.41. The first kappa shape index (κ1) is 11.9. The Bertz CT molecular complexity index is 574. The molecule has 2 atom stereocenters. The van der Waals surface area contributed by atoms with Crippen LogP contribution in [0.1, 0.15) is 51.3 Å². The van der Waals surface area contributed by atoms with Crippen LogP contribution in [-0.4, -0.2) is 8.96 Å². The summed E-state index contributed by atoms with van der Waals surface area (Å²) in [4.78, 5) is 0. The van der Waals surface area contributed by atoms with Gasteiger partial charge >= 0.3 is 0 Å². The van der Waals surface area contributed by atoms with Gasteiger partial charge < -0.3 is 0 Å². The van der Waals surface area contributed by atoms with Crippen molar-refractivity contribution in [3.8, 4) is 6.07 Å². The Morgan fingerprint density at radius 1 is 1.56 bits per heavy atom. The van der Waals surface area contributed by atoms with Crippen molar-refractivity contribution in [2.45, 2.75) is 44.4 Å². The molecule has 2 rings (SSSR count). The molecule has 1 N–H and O–H groups in total. The summed E-state index contributed by atoms with van der Waals surface area (Å²) in [7, 11) is -1.30. The molecule has 0 heterocycles. The first-order valence-corrected chi connectivity index (χ1v) is 7.15. The summed E-state index contributed by atoms with van der Waals surface area (Å²) in [6, 6.07) is 6.51. The van der Waals surface area contributed by atoms with Crippen molar-refractivity contribution in [1.29, 1.82) is 5.26 Å². The lowest BCUT2D eigenvalue weighted by molar-refractivity contribution is 0.596. The topological polar surface area (TPSA) is 52.9 Å². The van der Waals surface area contributed by atoms with Crippen molar-refractivity contribution in [1.82, 2.24) is 4.72 Å². The number of nitrogens with one attached hydrogen (secondary N) is 1. The van der Waals surface area contributed by atoms with Gasteiger partial charge in [-0.3, -0.25) is 0 Å². The monoisotopic (exact) mass is 263 g/mol. The van der Waals surface area contributed by atoms with E-state index in [1.165, 1.54) is 0 Å². The van der Waals surface area contributed by atoms with Gasteiger partial charge in [0.1, 0.15) is 0 Å². The molecule has 0 bridgehead atoms. The number of hydrogen-bond donors (Lipinski definition) is 1. The number of rotatable bonds is 2. The van der Waals surface area contributed by atoms with Gasteiger partial charge in [0.25, 0.3) is 0 Å². The van der Waals surface area contributed by atoms with Crippen LogP contribution in [0.25, 0.3) is 0 Å². The first-order chi connectivity index (χ1) is 8.78. The smallest absolute Gasteiger partial charge is 0.0994 e. The van der Waals surface area contributed by atoms with Gasteiger partial charge in [-0.1, -0.05) is 12.1 Å². The number of benzene rings is 1. The van der Waals surface area contributed by atoms with Crippen molar-refractivity contribution >= 4 is 11.0 Å². The SMILES string of the molecule is [2H][C@]1(N[S@@](=O)C(C)(C)C)CCc2c(C#N)cccc21. The van der Waals surface area contributed by atoms with Crippen LogP contribution < -0.4 is 4.72 Å². The minimum atomic E-state index is -1.30. The Kier molecular flexibility index (Phi) is 3.19. The maximum Gasteiger partial charge on any atom is 0.0994 e. The molecule has 0 saturated heterocycles. The van der Waals surface area contributed by atoms with E-state index in [1.54, 1.807) is 12.1 Å². The van der Waals surface area contributed by atoms with Gasteiger partial charge in [0, 0.05) is 6.02 Å². The third kappa shape index (κ3) is 2.47. The molecular formula is C14H18N2OS. The molecule has 0 spiro atoms. The van der Waals surface area contributed by atoms with Crippen LogP contribution in [0.4, 0.5) is 0 Å². The van der Waals surface area contributed by atoms with E-state index < -0.39 is 21.8 Å². The Labute approximate surface area is 112 Å². The molecule has 1 aliphatic rings. The molecule has 4 heteroatoms. The van der Waals surface area contributed by atoms with E-state index in [2.05, 4.69) is 10.8 Å². The van der Waals surface area contributed by atoms with Gasteiger partial charge in [-0.15, -0.1) is 0 Å². The standard InChI is InChI=1S/C14H18N2OS/c1-14(2,3)18(17)16-13-8-7-11-10(9-15)5-4-6-12(11)13/h4-6,13,16H,7-8H2,1-3H3/t13-,18-/m0/s1/i13D. The average molecular weight is 263 g/mol. The maximum absolute atomic E-state index is 12.2. The van der Waals surface area contributed by atoms with Crippen LogP contribution in [0, 0.1) is 11.3 Å². The van der Waals surface area contributed by atoms with E-state index in [-0.39, 0.29) is 0 Å². The van der Waals surface area contributed by atoms with Crippen LogP contribution in [0.3, 0.4) is 0 Å². The normalized spacial score (nSPS) is 25.1. The van der Waals surface area contributed by atoms with Crippen LogP contribution in [-0.2, 0) is 17.4 Å². The van der Waals surface area contributed by atoms with E-state index in [0.29, 0.717) is 18.4 Å². The highest BCUT2D eigenvalue weighted by Crippen LogP contribution is 2.33. The number of fused-ring (bicyclic) bond motifs is 1. The molecule has 18 heavy (non-hydrogen) atoms. The zero-order valence-corrected chi connectivity index (χ0v) is 11.7. The predicted molar refractivity (Wildman–Crippen MR) is 73.3 cm³/mol. The molecule has 1 aliphatic carbocycles. The fraction of sp³-hybridized carbons (Fsp3) is 0.500. The molecule has 1 aromatic rings. The summed E-state index contributed by atoms with van der Waals surface area (Å²) in [5.41, 5.74) is 2.32. The van der Waals surface area contributed by atoms with Crippen LogP contribution in [0.5, 0.6) is 0 Å². The third-order valence-corrected chi connectivity index (χ3v) is 4.56. The largest absolute Gasteiger partial charge is 0.242 e. The molecule has 0 fully saturated rings. The van der Waals surface area contributed by atoms with Gasteiger partial charge in [-0.25, -0.2) is 8.93 Å². The molecule has 0 radical (unpaired) electrons. The lowest BCUT2D eigenvalue weighted by Gasteiger charge is -2.22. The van der Waals surface area contributed by atoms with E-state index in [0.717, 1.165) is 11.1 Å². The molecule has 3 nitrogen and oxygen atoms in total. The van der Waals surface area contributed by atoms with Gasteiger partial charge in [0.15, 0.2) is 0 Å². The number of hydrogen-bond acceptors (Lipinski definition) is 2. The Hall–Kier alpha value is -1.18. The summed E-state index contributed by atoms with van der Waals surface area (Å²) >= 11 is 0. The lowest BCUT2D eigenvalue weighted by Crippen LogP contribution is -2.35. The summed E-state index contributed by atoms with van der Waals surface area (Å²) in [6.45, 7) is 5.63. The summed E-state index contributed by atoms with van der Waals surface area (Å²) in [5, 5.41) is 9.09. The van der Waals surface area contributed by atoms with Gasteiger partial charge in [0.2, 0.25) is 0 Å². The highest BCUT2D eigenvalue weighted by atomic mass is 32.2. The van der Waals surface area contributed by atoms with Crippen molar-refractivity contribution in [3.63, 3.8) is 0 Å². The summed E-state index contributed by atoms with van der Waals surface area (Å²) in [5.74, 6) is 0. The molecule has 0 aromatic heterocycles. The average Bonchev–Trinajstić information content (AvgIpc) is 2.66. The fourth-order valence-corrected chi connectivity index (χ4v) is 2.74. The van der Waals surface area contributed by atoms with Crippen LogP contribution in [0.2, 0.25) is 0 Å². The highest BCUT2D eigenvalue weighted by molar-refractivity contribution is 7.84. The molecule has 0 amide bonds. The van der Waals surface area contributed by atoms with Crippen LogP contribution in [0.15, 0.2) is 18.2 Å². The predicted octanol–water partition coefficient (Wildman–Crippen LogP) is 2.60. The van der Waals surface area contributed by atoms with E-state index >= 15 is 0 Å². The molecule has 96 valence electrons. The van der Waals surface area contributed by atoms with Gasteiger partial charge in [-0.05, 0) is 50.8 Å². The summed E-state index contributed by atoms with van der Waals surface area (Å²) in [6.07, 6.45) is 1.22. The van der Waals surface area contributed by atoms with Crippen LogP contribution >= 0.6 is 0 Å². The molecule has 0 unspecified atom stereocenters. The Morgan fingerprint density at radius 3 is 2.89 bits per heavy atom. The minimum absolute atomic E-state index is 0.413. The maximum atomic E-state index is 12.2. The Balaban J connectivity index is 2.36. The highest BCUT2D eigenvalue weighted by Gasteiger charge is 2.29. The minimum Gasteiger partial charge on any atom is -0.242 e. The van der Waals surface area contributed by atoms with Gasteiger partial charge in [0.05, 0.1) is 28.7 Å². The number of nitrogens with zero attached hydrogens (tertiary/aromatic N) is 1. The summed E-state index contributed by atoms with van der Waals surface area (Å²) < 4.78 is 23.3. The fourth-order valence-electron chi connectivity index (χ4n) is 2.00. The molecule has 1 aromatic carbocycles. The Morgan fingerprint density at radius 2 is 2.28 bits per heavy atom. The van der Waals surface area contributed by atoms with Crippen molar-refractivity contribution < 1.29 is 5.58 Å². The number of nitriles is 1. The van der Waals surface area contributed by atoms with E-state index in [4.69, 9.17) is 6.63 Å².